The second kappa shape index (κ2) is 15.9. The molecule has 0 aromatic carbocycles. The molecule has 0 amide bonds. The molecule has 0 aromatic heterocycles. The Labute approximate surface area is 58.5 Å². The Hall–Kier alpha value is 0.717. The van der Waals surface area contributed by atoms with Crippen LogP contribution < -0.4 is 0 Å². The highest BCUT2D eigenvalue weighted by atomic mass is 35.5. The highest BCUT2D eigenvalue weighted by Crippen LogP contribution is 1.55. The normalized spacial score (nSPS) is 6.00. The van der Waals surface area contributed by atoms with Crippen LogP contribution in [0.1, 0.15) is 0 Å². The van der Waals surface area contributed by atoms with Crippen molar-refractivity contribution in [3.63, 3.8) is 0 Å². The van der Waals surface area contributed by atoms with Gasteiger partial charge in [0.25, 0.3) is 0 Å². The van der Waals surface area contributed by atoms with Gasteiger partial charge in [-0.05, 0) is 0 Å². The van der Waals surface area contributed by atoms with Gasteiger partial charge in [-0.3, -0.25) is 0 Å². The van der Waals surface area contributed by atoms with Gasteiger partial charge < -0.3 is 8.85 Å². The van der Waals surface area contributed by atoms with Crippen LogP contribution >= 0.6 is 24.8 Å². The Morgan fingerprint density at radius 2 is 1.29 bits per heavy atom. The Morgan fingerprint density at radius 3 is 1.29 bits per heavy atom. The minimum Gasteiger partial charge on any atom is -0.396 e. The number of hydrogen-bond acceptors (Lipinski definition) is 2. The molecule has 0 N–H and O–H groups in total. The van der Waals surface area contributed by atoms with Crippen LogP contribution in [-0.4, -0.2) is 24.2 Å². The van der Waals surface area contributed by atoms with Crippen LogP contribution in [0.15, 0.2) is 0 Å². The average molecular weight is 163 g/mol. The molecule has 0 aromatic rings. The molecule has 0 aliphatic rings. The molecule has 0 saturated heterocycles. The van der Waals surface area contributed by atoms with Crippen molar-refractivity contribution in [3.8, 4) is 0 Å². The third-order valence-electron chi connectivity index (χ3n) is 0.167. The van der Waals surface area contributed by atoms with Crippen molar-refractivity contribution in [1.29, 1.82) is 0 Å². The Bertz CT molecular complexity index is 21.2. The standard InChI is InChI=1S/C2H6O2Si.2ClH/c1-3-5-4-2;;/h1-2H3;2*1H. The van der Waals surface area contributed by atoms with Gasteiger partial charge >= 0.3 is 10.0 Å². The molecule has 0 aliphatic carbocycles. The molecule has 5 heteroatoms. The molecule has 7 heavy (non-hydrogen) atoms. The number of hydrogen-bond donors (Lipinski definition) is 0. The maximum atomic E-state index is 4.50. The lowest BCUT2D eigenvalue weighted by atomic mass is 11.8. The van der Waals surface area contributed by atoms with E-state index in [1.807, 2.05) is 0 Å². The summed E-state index contributed by atoms with van der Waals surface area (Å²) in [5.74, 6) is 0. The third kappa shape index (κ3) is 20.2. The zero-order chi connectivity index (χ0) is 4.12. The van der Waals surface area contributed by atoms with Crippen LogP contribution in [-0.2, 0) is 8.85 Å². The molecule has 0 heterocycles. The molecule has 0 spiro atoms. The van der Waals surface area contributed by atoms with Gasteiger partial charge in [-0.15, -0.1) is 24.8 Å². The van der Waals surface area contributed by atoms with Crippen LogP contribution in [0.5, 0.6) is 0 Å². The van der Waals surface area contributed by atoms with Gasteiger partial charge in [0.1, 0.15) is 0 Å². The van der Waals surface area contributed by atoms with Gasteiger partial charge in [0.05, 0.1) is 0 Å². The molecule has 0 rings (SSSR count). The fraction of sp³-hybridized carbons (Fsp3) is 1.00. The molecular formula is C2H8Cl2O2Si. The van der Waals surface area contributed by atoms with Gasteiger partial charge in [0.2, 0.25) is 0 Å². The van der Waals surface area contributed by atoms with E-state index in [4.69, 9.17) is 0 Å². The molecule has 0 atom stereocenters. The van der Waals surface area contributed by atoms with Crippen molar-refractivity contribution in [2.75, 3.05) is 14.2 Å². The maximum Gasteiger partial charge on any atom is 0.432 e. The summed E-state index contributed by atoms with van der Waals surface area (Å²) in [5, 5.41) is 0. The lowest BCUT2D eigenvalue weighted by Gasteiger charge is -1.82. The van der Waals surface area contributed by atoms with Crippen LogP contribution in [0.2, 0.25) is 0 Å². The first-order valence-corrected chi connectivity index (χ1v) is 2.04. The molecule has 2 radical (unpaired) electrons. The van der Waals surface area contributed by atoms with E-state index in [9.17, 15) is 0 Å². The fourth-order valence-electron chi connectivity index (χ4n) is 0.0833. The zero-order valence-corrected chi connectivity index (χ0v) is 6.77. The summed E-state index contributed by atoms with van der Waals surface area (Å²) < 4.78 is 8.99. The van der Waals surface area contributed by atoms with E-state index in [2.05, 4.69) is 8.85 Å². The molecule has 0 fully saturated rings. The van der Waals surface area contributed by atoms with E-state index in [-0.39, 0.29) is 34.8 Å². The molecule has 2 nitrogen and oxygen atoms in total. The molecule has 46 valence electrons. The summed E-state index contributed by atoms with van der Waals surface area (Å²) in [5.41, 5.74) is 0. The molecule has 0 saturated carbocycles. The third-order valence-corrected chi connectivity index (χ3v) is 0.500. The first-order valence-electron chi connectivity index (χ1n) is 1.22. The van der Waals surface area contributed by atoms with Gasteiger partial charge in [0, 0.05) is 14.2 Å². The lowest BCUT2D eigenvalue weighted by Crippen LogP contribution is -1.93. The molecule has 0 aliphatic heterocycles. The fourth-order valence-corrected chi connectivity index (χ4v) is 0.250. The first-order chi connectivity index (χ1) is 2.41. The Kier molecular flexibility index (Phi) is 35.5. The summed E-state index contributed by atoms with van der Waals surface area (Å²) in [4.78, 5) is 0. The van der Waals surface area contributed by atoms with Crippen LogP contribution in [0.4, 0.5) is 0 Å². The number of halogens is 2. The molecular weight excluding hydrogens is 155 g/mol. The highest BCUT2D eigenvalue weighted by molar-refractivity contribution is 6.17. The van der Waals surface area contributed by atoms with E-state index >= 15 is 0 Å². The molecule has 0 bridgehead atoms. The van der Waals surface area contributed by atoms with Crippen molar-refractivity contribution in [2.45, 2.75) is 0 Å². The zero-order valence-electron chi connectivity index (χ0n) is 4.13. The predicted molar refractivity (Wildman–Crippen MR) is 34.3 cm³/mol. The van der Waals surface area contributed by atoms with E-state index in [1.165, 1.54) is 0 Å². The minimum atomic E-state index is 0. The molecule has 0 unspecified atom stereocenters. The Morgan fingerprint density at radius 1 is 1.00 bits per heavy atom. The summed E-state index contributed by atoms with van der Waals surface area (Å²) in [6.45, 7) is 0. The van der Waals surface area contributed by atoms with Crippen molar-refractivity contribution in [1.82, 2.24) is 0 Å². The highest BCUT2D eigenvalue weighted by Gasteiger charge is 1.73. The summed E-state index contributed by atoms with van der Waals surface area (Å²) in [6, 6.07) is 0. The smallest absolute Gasteiger partial charge is 0.396 e. The second-order valence-electron chi connectivity index (χ2n) is 0.492. The van der Waals surface area contributed by atoms with E-state index in [0.717, 1.165) is 0 Å². The second-order valence-corrected chi connectivity index (χ2v) is 1.47. The topological polar surface area (TPSA) is 18.5 Å². The van der Waals surface area contributed by atoms with Crippen molar-refractivity contribution in [2.24, 2.45) is 0 Å². The van der Waals surface area contributed by atoms with Crippen molar-refractivity contribution < 1.29 is 8.85 Å². The quantitative estimate of drug-likeness (QED) is 0.556. The minimum absolute atomic E-state index is 0. The maximum absolute atomic E-state index is 4.50. The summed E-state index contributed by atoms with van der Waals surface area (Å²) in [7, 11) is 3.40. The van der Waals surface area contributed by atoms with E-state index < -0.39 is 0 Å². The van der Waals surface area contributed by atoms with Gasteiger partial charge in [0.15, 0.2) is 0 Å². The largest absolute Gasteiger partial charge is 0.432 e. The number of rotatable bonds is 2. The first kappa shape index (κ1) is 15.6. The van der Waals surface area contributed by atoms with Crippen LogP contribution in [0, 0.1) is 0 Å². The van der Waals surface area contributed by atoms with Gasteiger partial charge in [-0.25, -0.2) is 0 Å². The van der Waals surface area contributed by atoms with Gasteiger partial charge in [-0.2, -0.15) is 0 Å². The summed E-state index contributed by atoms with van der Waals surface area (Å²) in [6.07, 6.45) is 0. The average Bonchev–Trinajstić information content (AvgIpc) is 1.41. The lowest BCUT2D eigenvalue weighted by molar-refractivity contribution is 0.309. The Balaban J connectivity index is -0.0000000800. The monoisotopic (exact) mass is 162 g/mol. The predicted octanol–water partition coefficient (Wildman–Crippen LogP) is 0.657. The van der Waals surface area contributed by atoms with Crippen molar-refractivity contribution >= 4 is 34.8 Å². The van der Waals surface area contributed by atoms with Gasteiger partial charge in [-0.1, -0.05) is 0 Å². The van der Waals surface area contributed by atoms with Crippen LogP contribution in [0.25, 0.3) is 0 Å². The van der Waals surface area contributed by atoms with E-state index in [0.29, 0.717) is 0 Å². The van der Waals surface area contributed by atoms with Crippen LogP contribution in [0.3, 0.4) is 0 Å². The summed E-state index contributed by atoms with van der Waals surface area (Å²) >= 11 is 0. The van der Waals surface area contributed by atoms with Crippen molar-refractivity contribution in [3.05, 3.63) is 0 Å². The SMILES string of the molecule is CO[Si]OC.Cl.Cl. The van der Waals surface area contributed by atoms with E-state index in [1.54, 1.807) is 14.2 Å².